The fourth-order valence-electron chi connectivity index (χ4n) is 3.28. The lowest BCUT2D eigenvalue weighted by Crippen LogP contribution is -2.47. The molecule has 1 aliphatic rings. The molecule has 132 valence electrons. The molecule has 1 saturated heterocycles. The quantitative estimate of drug-likeness (QED) is 0.663. The van der Waals surface area contributed by atoms with Gasteiger partial charge in [0.25, 0.3) is 0 Å². The number of anilines is 1. The van der Waals surface area contributed by atoms with E-state index in [1.54, 1.807) is 0 Å². The van der Waals surface area contributed by atoms with E-state index in [1.807, 2.05) is 42.5 Å². The summed E-state index contributed by atoms with van der Waals surface area (Å²) in [6.45, 7) is 3.89. The highest BCUT2D eigenvalue weighted by Crippen LogP contribution is 2.28. The number of para-hydroxylation sites is 1. The van der Waals surface area contributed by atoms with Crippen molar-refractivity contribution in [2.75, 3.05) is 37.6 Å². The zero-order chi connectivity index (χ0) is 17.9. The molecule has 1 aromatic heterocycles. The van der Waals surface area contributed by atoms with E-state index >= 15 is 0 Å². The molecule has 0 unspecified atom stereocenters. The molecule has 1 aliphatic heterocycles. The number of carbonyl (C=O) groups excluding carboxylic acids is 1. The summed E-state index contributed by atoms with van der Waals surface area (Å²) in [7, 11) is 0. The largest absolute Gasteiger partial charge is 0.353 e. The van der Waals surface area contributed by atoms with E-state index in [4.69, 9.17) is 21.6 Å². The van der Waals surface area contributed by atoms with E-state index in [2.05, 4.69) is 15.9 Å². The SMILES string of the molecule is O=CCN1CCN(c2nc(-c3ccc(Cl)cc3)nc3ccccc23)CC1. The predicted molar refractivity (Wildman–Crippen MR) is 105 cm³/mol. The molecule has 2 heterocycles. The molecule has 2 aromatic carbocycles. The Morgan fingerprint density at radius 3 is 2.42 bits per heavy atom. The smallest absolute Gasteiger partial charge is 0.162 e. The first kappa shape index (κ1) is 16.9. The van der Waals surface area contributed by atoms with Crippen molar-refractivity contribution >= 4 is 34.6 Å². The van der Waals surface area contributed by atoms with E-state index < -0.39 is 0 Å². The van der Waals surface area contributed by atoms with E-state index in [0.717, 1.165) is 54.7 Å². The Bertz CT molecular complexity index is 921. The van der Waals surface area contributed by atoms with Gasteiger partial charge in [-0.1, -0.05) is 23.7 Å². The van der Waals surface area contributed by atoms with Crippen molar-refractivity contribution in [1.29, 1.82) is 0 Å². The molecule has 6 heteroatoms. The highest BCUT2D eigenvalue weighted by atomic mass is 35.5. The molecule has 0 bridgehead atoms. The van der Waals surface area contributed by atoms with Gasteiger partial charge < -0.3 is 9.69 Å². The summed E-state index contributed by atoms with van der Waals surface area (Å²) < 4.78 is 0. The molecular weight excluding hydrogens is 348 g/mol. The van der Waals surface area contributed by atoms with Gasteiger partial charge in [-0.05, 0) is 36.4 Å². The van der Waals surface area contributed by atoms with Crippen molar-refractivity contribution in [2.24, 2.45) is 0 Å². The number of aromatic nitrogens is 2. The Hall–Kier alpha value is -2.50. The number of nitrogens with zero attached hydrogens (tertiary/aromatic N) is 4. The molecule has 0 N–H and O–H groups in total. The maximum Gasteiger partial charge on any atom is 0.162 e. The van der Waals surface area contributed by atoms with Crippen LogP contribution in [0.25, 0.3) is 22.3 Å². The topological polar surface area (TPSA) is 49.3 Å². The summed E-state index contributed by atoms with van der Waals surface area (Å²) in [5, 5.41) is 1.75. The van der Waals surface area contributed by atoms with Gasteiger partial charge in [0.05, 0.1) is 12.1 Å². The Labute approximate surface area is 157 Å². The molecule has 26 heavy (non-hydrogen) atoms. The maximum atomic E-state index is 10.7. The van der Waals surface area contributed by atoms with Gasteiger partial charge in [-0.25, -0.2) is 9.97 Å². The summed E-state index contributed by atoms with van der Waals surface area (Å²) in [6, 6.07) is 15.7. The molecule has 5 nitrogen and oxygen atoms in total. The second kappa shape index (κ2) is 7.40. The number of carbonyl (C=O) groups is 1. The van der Waals surface area contributed by atoms with Crippen molar-refractivity contribution in [1.82, 2.24) is 14.9 Å². The molecular formula is C20H19ClN4O. The first-order chi connectivity index (χ1) is 12.7. The Morgan fingerprint density at radius 1 is 0.962 bits per heavy atom. The van der Waals surface area contributed by atoms with E-state index in [9.17, 15) is 4.79 Å². The summed E-state index contributed by atoms with van der Waals surface area (Å²) in [6.07, 6.45) is 0.967. The highest BCUT2D eigenvalue weighted by molar-refractivity contribution is 6.30. The van der Waals surface area contributed by atoms with Gasteiger partial charge in [0.2, 0.25) is 0 Å². The Morgan fingerprint density at radius 2 is 1.69 bits per heavy atom. The second-order valence-corrected chi connectivity index (χ2v) is 6.79. The van der Waals surface area contributed by atoms with Crippen molar-refractivity contribution in [3.63, 3.8) is 0 Å². The molecule has 0 amide bonds. The van der Waals surface area contributed by atoms with Crippen LogP contribution in [0.4, 0.5) is 5.82 Å². The van der Waals surface area contributed by atoms with Crippen LogP contribution < -0.4 is 4.90 Å². The van der Waals surface area contributed by atoms with Gasteiger partial charge in [-0.2, -0.15) is 0 Å². The lowest BCUT2D eigenvalue weighted by molar-refractivity contribution is -0.108. The van der Waals surface area contributed by atoms with E-state index in [1.165, 1.54) is 0 Å². The molecule has 0 aliphatic carbocycles. The van der Waals surface area contributed by atoms with Crippen LogP contribution >= 0.6 is 11.6 Å². The van der Waals surface area contributed by atoms with Gasteiger partial charge in [-0.15, -0.1) is 0 Å². The first-order valence-electron chi connectivity index (χ1n) is 8.68. The average Bonchev–Trinajstić information content (AvgIpc) is 2.69. The lowest BCUT2D eigenvalue weighted by atomic mass is 10.1. The van der Waals surface area contributed by atoms with Crippen molar-refractivity contribution < 1.29 is 4.79 Å². The highest BCUT2D eigenvalue weighted by Gasteiger charge is 2.20. The average molecular weight is 367 g/mol. The first-order valence-corrected chi connectivity index (χ1v) is 9.06. The molecule has 3 aromatic rings. The molecule has 4 rings (SSSR count). The number of fused-ring (bicyclic) bond motifs is 1. The van der Waals surface area contributed by atoms with Crippen molar-refractivity contribution in [2.45, 2.75) is 0 Å². The molecule has 1 fully saturated rings. The van der Waals surface area contributed by atoms with Crippen LogP contribution in [-0.4, -0.2) is 53.9 Å². The number of rotatable bonds is 4. The van der Waals surface area contributed by atoms with Gasteiger partial charge in [0.15, 0.2) is 5.82 Å². The number of benzene rings is 2. The zero-order valence-corrected chi connectivity index (χ0v) is 15.1. The minimum Gasteiger partial charge on any atom is -0.353 e. The number of aldehydes is 1. The maximum absolute atomic E-state index is 10.7. The van der Waals surface area contributed by atoms with Gasteiger partial charge in [0.1, 0.15) is 12.1 Å². The van der Waals surface area contributed by atoms with Crippen LogP contribution in [0.2, 0.25) is 5.02 Å². The van der Waals surface area contributed by atoms with Crippen molar-refractivity contribution in [3.8, 4) is 11.4 Å². The van der Waals surface area contributed by atoms with Gasteiger partial charge in [0, 0.05) is 42.2 Å². The predicted octanol–water partition coefficient (Wildman–Crippen LogP) is 3.27. The number of piperazine rings is 1. The fraction of sp³-hybridized carbons (Fsp3) is 0.250. The molecule has 0 saturated carbocycles. The molecule has 0 radical (unpaired) electrons. The van der Waals surface area contributed by atoms with Crippen LogP contribution in [0, 0.1) is 0 Å². The lowest BCUT2D eigenvalue weighted by Gasteiger charge is -2.35. The van der Waals surface area contributed by atoms with Gasteiger partial charge in [-0.3, -0.25) is 4.90 Å². The Balaban J connectivity index is 1.73. The molecule has 0 atom stereocenters. The second-order valence-electron chi connectivity index (χ2n) is 6.35. The minimum absolute atomic E-state index is 0.494. The van der Waals surface area contributed by atoms with Crippen LogP contribution in [0.3, 0.4) is 0 Å². The van der Waals surface area contributed by atoms with Crippen LogP contribution in [-0.2, 0) is 4.79 Å². The normalized spacial score (nSPS) is 15.3. The van der Waals surface area contributed by atoms with Gasteiger partial charge >= 0.3 is 0 Å². The minimum atomic E-state index is 0.494. The van der Waals surface area contributed by atoms with Crippen LogP contribution in [0.15, 0.2) is 48.5 Å². The standard InChI is InChI=1S/C20H19ClN4O/c21-16-7-5-15(6-8-16)19-22-18-4-2-1-3-17(18)20(23-19)25-11-9-24(10-12-25)13-14-26/h1-8,14H,9-13H2. The monoisotopic (exact) mass is 366 g/mol. The fourth-order valence-corrected chi connectivity index (χ4v) is 3.40. The number of halogens is 1. The molecule has 0 spiro atoms. The number of hydrogen-bond donors (Lipinski definition) is 0. The zero-order valence-electron chi connectivity index (χ0n) is 14.3. The van der Waals surface area contributed by atoms with E-state index in [0.29, 0.717) is 17.4 Å². The van der Waals surface area contributed by atoms with Crippen LogP contribution in [0.5, 0.6) is 0 Å². The van der Waals surface area contributed by atoms with Crippen molar-refractivity contribution in [3.05, 3.63) is 53.6 Å². The summed E-state index contributed by atoms with van der Waals surface area (Å²) in [5.41, 5.74) is 1.87. The third-order valence-electron chi connectivity index (χ3n) is 4.69. The number of hydrogen-bond acceptors (Lipinski definition) is 5. The Kier molecular flexibility index (Phi) is 4.82. The third-order valence-corrected chi connectivity index (χ3v) is 4.94. The van der Waals surface area contributed by atoms with E-state index in [-0.39, 0.29) is 0 Å². The summed E-state index contributed by atoms with van der Waals surface area (Å²) >= 11 is 6.01. The summed E-state index contributed by atoms with van der Waals surface area (Å²) in [5.74, 6) is 1.65. The summed E-state index contributed by atoms with van der Waals surface area (Å²) in [4.78, 5) is 24.8. The van der Waals surface area contributed by atoms with Crippen LogP contribution in [0.1, 0.15) is 0 Å². The third kappa shape index (κ3) is 3.41.